The van der Waals surface area contributed by atoms with E-state index in [2.05, 4.69) is 4.90 Å². The fraction of sp³-hybridized carbons (Fsp3) is 0.727. The highest BCUT2D eigenvalue weighted by Crippen LogP contribution is 2.09. The molecule has 0 aromatic carbocycles. The van der Waals surface area contributed by atoms with E-state index in [0.717, 1.165) is 13.1 Å². The minimum absolute atomic E-state index is 0.260. The summed E-state index contributed by atoms with van der Waals surface area (Å²) < 4.78 is 5.15. The molecule has 0 aliphatic carbocycles. The smallest absolute Gasteiger partial charge is 0.332 e. The number of rotatable bonds is 2. The van der Waals surface area contributed by atoms with Crippen LogP contribution in [0.5, 0.6) is 0 Å². The second-order valence-corrected chi connectivity index (χ2v) is 4.59. The summed E-state index contributed by atoms with van der Waals surface area (Å²) in [4.78, 5) is 13.4. The summed E-state index contributed by atoms with van der Waals surface area (Å²) in [5.74, 6) is -0.260. The Hall–Kier alpha value is -0.990. The molecule has 0 N–H and O–H groups in total. The topological polar surface area (TPSA) is 29.5 Å². The van der Waals surface area contributed by atoms with Gasteiger partial charge in [-0.15, -0.1) is 0 Å². The number of hydrogen-bond donors (Lipinski definition) is 0. The summed E-state index contributed by atoms with van der Waals surface area (Å²) in [7, 11) is 0. The molecule has 0 spiro atoms. The highest BCUT2D eigenvalue weighted by molar-refractivity contribution is 5.82. The molecule has 0 bridgehead atoms. The lowest BCUT2D eigenvalue weighted by molar-refractivity contribution is -0.148. The van der Waals surface area contributed by atoms with Crippen molar-refractivity contribution in [3.05, 3.63) is 12.3 Å². The molecule has 0 aromatic rings. The van der Waals surface area contributed by atoms with Gasteiger partial charge in [-0.3, -0.25) is 0 Å². The van der Waals surface area contributed by atoms with E-state index < -0.39 is 5.60 Å². The molecule has 1 aliphatic rings. The summed E-state index contributed by atoms with van der Waals surface area (Å²) in [6.07, 6.45) is 5.79. The zero-order valence-electron chi connectivity index (χ0n) is 9.25. The lowest BCUT2D eigenvalue weighted by Crippen LogP contribution is -2.23. The first kappa shape index (κ1) is 11.1. The molecule has 0 radical (unpaired) electrons. The van der Waals surface area contributed by atoms with Crippen LogP contribution in [0.4, 0.5) is 0 Å². The normalized spacial score (nSPS) is 17.8. The number of ether oxygens (including phenoxy) is 1. The van der Waals surface area contributed by atoms with E-state index in [9.17, 15) is 4.79 Å². The molecule has 0 aromatic heterocycles. The van der Waals surface area contributed by atoms with Crippen molar-refractivity contribution < 1.29 is 9.53 Å². The molecule has 1 saturated heterocycles. The second kappa shape index (κ2) is 4.49. The van der Waals surface area contributed by atoms with Crippen molar-refractivity contribution in [2.45, 2.75) is 39.2 Å². The van der Waals surface area contributed by atoms with Crippen molar-refractivity contribution in [1.29, 1.82) is 0 Å². The monoisotopic (exact) mass is 197 g/mol. The van der Waals surface area contributed by atoms with Crippen LogP contribution in [0.2, 0.25) is 0 Å². The second-order valence-electron chi connectivity index (χ2n) is 4.59. The van der Waals surface area contributed by atoms with Crippen molar-refractivity contribution in [3.8, 4) is 0 Å². The minimum atomic E-state index is -0.396. The number of carbonyl (C=O) groups excluding carboxylic acids is 1. The third-order valence-electron chi connectivity index (χ3n) is 1.97. The Bertz CT molecular complexity index is 222. The molecule has 0 atom stereocenters. The van der Waals surface area contributed by atoms with E-state index in [4.69, 9.17) is 4.74 Å². The van der Waals surface area contributed by atoms with Gasteiger partial charge >= 0.3 is 5.97 Å². The summed E-state index contributed by atoms with van der Waals surface area (Å²) in [5.41, 5.74) is -0.396. The third kappa shape index (κ3) is 4.30. The van der Waals surface area contributed by atoms with Crippen molar-refractivity contribution in [2.24, 2.45) is 0 Å². The van der Waals surface area contributed by atoms with Gasteiger partial charge in [-0.05, 0) is 33.6 Å². The summed E-state index contributed by atoms with van der Waals surface area (Å²) in [6.45, 7) is 7.72. The molecule has 1 fully saturated rings. The lowest BCUT2D eigenvalue weighted by Gasteiger charge is -2.18. The number of likely N-dealkylation sites (tertiary alicyclic amines) is 1. The van der Waals surface area contributed by atoms with Gasteiger partial charge in [0, 0.05) is 25.4 Å². The van der Waals surface area contributed by atoms with Gasteiger partial charge in [0.15, 0.2) is 0 Å². The molecule has 1 rings (SSSR count). The molecule has 0 amide bonds. The number of nitrogens with zero attached hydrogens (tertiary/aromatic N) is 1. The van der Waals surface area contributed by atoms with Gasteiger partial charge in [-0.1, -0.05) is 0 Å². The molecule has 0 unspecified atom stereocenters. The highest BCUT2D eigenvalue weighted by atomic mass is 16.6. The lowest BCUT2D eigenvalue weighted by atomic mass is 10.2. The first-order valence-electron chi connectivity index (χ1n) is 5.13. The first-order valence-corrected chi connectivity index (χ1v) is 5.13. The van der Waals surface area contributed by atoms with Crippen LogP contribution in [-0.2, 0) is 9.53 Å². The number of carbonyl (C=O) groups is 1. The van der Waals surface area contributed by atoms with Gasteiger partial charge in [-0.25, -0.2) is 4.79 Å². The van der Waals surface area contributed by atoms with Gasteiger partial charge in [0.1, 0.15) is 5.60 Å². The maximum atomic E-state index is 11.3. The van der Waals surface area contributed by atoms with Gasteiger partial charge in [0.2, 0.25) is 0 Å². The van der Waals surface area contributed by atoms with Gasteiger partial charge in [-0.2, -0.15) is 0 Å². The van der Waals surface area contributed by atoms with E-state index >= 15 is 0 Å². The van der Waals surface area contributed by atoms with Gasteiger partial charge in [0.25, 0.3) is 0 Å². The highest BCUT2D eigenvalue weighted by Gasteiger charge is 2.14. The van der Waals surface area contributed by atoms with Crippen LogP contribution in [-0.4, -0.2) is 29.6 Å². The van der Waals surface area contributed by atoms with Crippen LogP contribution in [0.15, 0.2) is 12.3 Å². The minimum Gasteiger partial charge on any atom is -0.457 e. The van der Waals surface area contributed by atoms with Crippen molar-refractivity contribution in [2.75, 3.05) is 13.1 Å². The maximum absolute atomic E-state index is 11.3. The zero-order chi connectivity index (χ0) is 10.6. The van der Waals surface area contributed by atoms with Crippen LogP contribution in [0.3, 0.4) is 0 Å². The van der Waals surface area contributed by atoms with Crippen LogP contribution >= 0.6 is 0 Å². The van der Waals surface area contributed by atoms with Crippen molar-refractivity contribution in [3.63, 3.8) is 0 Å². The molecule has 0 saturated carbocycles. The van der Waals surface area contributed by atoms with Crippen LogP contribution in [0.1, 0.15) is 33.6 Å². The zero-order valence-corrected chi connectivity index (χ0v) is 9.25. The number of esters is 1. The van der Waals surface area contributed by atoms with E-state index in [1.54, 1.807) is 0 Å². The Kier molecular flexibility index (Phi) is 3.55. The molecule has 3 heteroatoms. The quantitative estimate of drug-likeness (QED) is 0.500. The molecule has 1 heterocycles. The molecule has 3 nitrogen and oxygen atoms in total. The average molecular weight is 197 g/mol. The Morgan fingerprint density at radius 3 is 2.36 bits per heavy atom. The van der Waals surface area contributed by atoms with Crippen molar-refractivity contribution in [1.82, 2.24) is 4.90 Å². The van der Waals surface area contributed by atoms with E-state index in [0.29, 0.717) is 0 Å². The molecular weight excluding hydrogens is 178 g/mol. The first-order chi connectivity index (χ1) is 6.47. The van der Waals surface area contributed by atoms with Crippen LogP contribution < -0.4 is 0 Å². The molecular formula is C11H19NO2. The Morgan fingerprint density at radius 2 is 1.86 bits per heavy atom. The largest absolute Gasteiger partial charge is 0.457 e. The molecule has 1 aliphatic heterocycles. The standard InChI is InChI=1S/C11H19NO2/c1-11(2,3)14-10(13)6-9-12-7-4-5-8-12/h6,9H,4-5,7-8H2,1-3H3/b9-6+. The summed E-state index contributed by atoms with van der Waals surface area (Å²) in [6, 6.07) is 0. The average Bonchev–Trinajstić information content (AvgIpc) is 2.49. The van der Waals surface area contributed by atoms with Crippen molar-refractivity contribution >= 4 is 5.97 Å². The van der Waals surface area contributed by atoms with Gasteiger partial charge in [0.05, 0.1) is 0 Å². The maximum Gasteiger partial charge on any atom is 0.332 e. The molecule has 14 heavy (non-hydrogen) atoms. The Balaban J connectivity index is 2.32. The summed E-state index contributed by atoms with van der Waals surface area (Å²) in [5, 5.41) is 0. The third-order valence-corrected chi connectivity index (χ3v) is 1.97. The molecule has 80 valence electrons. The van der Waals surface area contributed by atoms with E-state index in [1.165, 1.54) is 18.9 Å². The SMILES string of the molecule is CC(C)(C)OC(=O)/C=C/N1CCCC1. The summed E-state index contributed by atoms with van der Waals surface area (Å²) >= 11 is 0. The van der Waals surface area contributed by atoms with E-state index in [-0.39, 0.29) is 5.97 Å². The number of hydrogen-bond acceptors (Lipinski definition) is 3. The van der Waals surface area contributed by atoms with E-state index in [1.807, 2.05) is 27.0 Å². The fourth-order valence-electron chi connectivity index (χ4n) is 1.39. The van der Waals surface area contributed by atoms with Gasteiger partial charge < -0.3 is 9.64 Å². The van der Waals surface area contributed by atoms with Crippen LogP contribution in [0.25, 0.3) is 0 Å². The predicted molar refractivity (Wildman–Crippen MR) is 55.8 cm³/mol. The Labute approximate surface area is 85.7 Å². The Morgan fingerprint density at radius 1 is 1.29 bits per heavy atom. The fourth-order valence-corrected chi connectivity index (χ4v) is 1.39. The van der Waals surface area contributed by atoms with Crippen LogP contribution in [0, 0.1) is 0 Å². The predicted octanol–water partition coefficient (Wildman–Crippen LogP) is 1.94.